The van der Waals surface area contributed by atoms with Gasteiger partial charge in [-0.2, -0.15) is 0 Å². The number of fused-ring (bicyclic) bond motifs is 1. The summed E-state index contributed by atoms with van der Waals surface area (Å²) in [7, 11) is 1.55. The van der Waals surface area contributed by atoms with E-state index < -0.39 is 17.7 Å². The number of amides is 1. The van der Waals surface area contributed by atoms with Gasteiger partial charge in [-0.1, -0.05) is 42.9 Å². The number of nitrogens with zero attached hydrogens (tertiary/aromatic N) is 2. The molecule has 1 fully saturated rings. The number of Topliss-reactive ketones (excluding diaryl/α,β-unsaturated/α-hetero) is 1. The molecule has 1 aliphatic rings. The lowest BCUT2D eigenvalue weighted by molar-refractivity contribution is -0.132. The third-order valence-electron chi connectivity index (χ3n) is 6.79. The normalized spacial score (nSPS) is 16.7. The Morgan fingerprint density at radius 2 is 1.72 bits per heavy atom. The molecular formula is C31H30N2O5S. The lowest BCUT2D eigenvalue weighted by Crippen LogP contribution is -2.29. The lowest BCUT2D eigenvalue weighted by Gasteiger charge is -2.23. The molecule has 4 aromatic rings. The van der Waals surface area contributed by atoms with Gasteiger partial charge >= 0.3 is 5.91 Å². The molecule has 1 aromatic heterocycles. The van der Waals surface area contributed by atoms with E-state index in [1.54, 1.807) is 31.4 Å². The number of aliphatic hydroxyl groups is 1. The highest BCUT2D eigenvalue weighted by Gasteiger charge is 2.48. The quantitative estimate of drug-likeness (QED) is 0.115. The van der Waals surface area contributed by atoms with Gasteiger partial charge in [-0.05, 0) is 79.4 Å². The number of hydrogen-bond donors (Lipinski definition) is 1. The fourth-order valence-electron chi connectivity index (χ4n) is 4.79. The molecule has 1 unspecified atom stereocenters. The molecule has 1 N–H and O–H groups in total. The maximum Gasteiger partial charge on any atom is 0.301 e. The molecule has 0 spiro atoms. The number of aromatic nitrogens is 1. The minimum Gasteiger partial charge on any atom is -0.507 e. The molecule has 1 saturated heterocycles. The molecule has 0 radical (unpaired) electrons. The second-order valence-electron chi connectivity index (χ2n) is 9.59. The number of unbranched alkanes of at least 4 members (excludes halogenated alkanes) is 1. The van der Waals surface area contributed by atoms with Crippen LogP contribution in [0.25, 0.3) is 16.0 Å². The topological polar surface area (TPSA) is 89.0 Å². The SMILES string of the molecule is CCCCOc1ccc(C2C(=C(O)c3ccc(OC)cc3)C(=O)C(=O)N2c2nc3c(C)cc(C)cc3s2)cc1. The van der Waals surface area contributed by atoms with E-state index in [2.05, 4.69) is 6.92 Å². The first-order valence-electron chi connectivity index (χ1n) is 12.9. The number of aryl methyl sites for hydroxylation is 2. The zero-order valence-electron chi connectivity index (χ0n) is 22.4. The maximum atomic E-state index is 13.6. The van der Waals surface area contributed by atoms with Gasteiger partial charge in [0.15, 0.2) is 5.13 Å². The molecule has 2 heterocycles. The summed E-state index contributed by atoms with van der Waals surface area (Å²) in [6.45, 7) is 6.70. The molecule has 3 aromatic carbocycles. The summed E-state index contributed by atoms with van der Waals surface area (Å²) in [5.41, 5.74) is 3.96. The number of aliphatic hydroxyl groups excluding tert-OH is 1. The van der Waals surface area contributed by atoms with Crippen LogP contribution >= 0.6 is 11.3 Å². The number of thiazole rings is 1. The zero-order valence-corrected chi connectivity index (χ0v) is 23.2. The van der Waals surface area contributed by atoms with Crippen molar-refractivity contribution in [2.24, 2.45) is 0 Å². The molecule has 8 heteroatoms. The van der Waals surface area contributed by atoms with Crippen LogP contribution in [0, 0.1) is 13.8 Å². The van der Waals surface area contributed by atoms with Gasteiger partial charge in [-0.25, -0.2) is 4.98 Å². The van der Waals surface area contributed by atoms with Crippen molar-refractivity contribution in [1.82, 2.24) is 4.98 Å². The Hall–Kier alpha value is -4.17. The Morgan fingerprint density at radius 3 is 2.38 bits per heavy atom. The molecular weight excluding hydrogens is 512 g/mol. The first-order chi connectivity index (χ1) is 18.8. The Labute approximate surface area is 231 Å². The first kappa shape index (κ1) is 26.4. The Bertz CT molecular complexity index is 1570. The third kappa shape index (κ3) is 5.00. The van der Waals surface area contributed by atoms with Crippen LogP contribution in [0.3, 0.4) is 0 Å². The van der Waals surface area contributed by atoms with Gasteiger partial charge in [-0.15, -0.1) is 0 Å². The summed E-state index contributed by atoms with van der Waals surface area (Å²) in [4.78, 5) is 33.3. The second kappa shape index (κ2) is 10.9. The summed E-state index contributed by atoms with van der Waals surface area (Å²) in [5.74, 6) is -0.428. The van der Waals surface area contributed by atoms with Crippen LogP contribution in [0.2, 0.25) is 0 Å². The third-order valence-corrected chi connectivity index (χ3v) is 7.80. The van der Waals surface area contributed by atoms with Crippen molar-refractivity contribution in [3.8, 4) is 11.5 Å². The van der Waals surface area contributed by atoms with Gasteiger partial charge < -0.3 is 14.6 Å². The van der Waals surface area contributed by atoms with Gasteiger partial charge in [0.2, 0.25) is 0 Å². The molecule has 200 valence electrons. The minimum atomic E-state index is -0.862. The van der Waals surface area contributed by atoms with E-state index in [0.29, 0.717) is 34.4 Å². The van der Waals surface area contributed by atoms with Crippen molar-refractivity contribution in [3.63, 3.8) is 0 Å². The average molecular weight is 543 g/mol. The molecule has 1 atom stereocenters. The smallest absolute Gasteiger partial charge is 0.301 e. The van der Waals surface area contributed by atoms with Crippen LogP contribution in [0.15, 0.2) is 66.2 Å². The molecule has 39 heavy (non-hydrogen) atoms. The fraction of sp³-hybridized carbons (Fsp3) is 0.258. The van der Waals surface area contributed by atoms with Crippen molar-refractivity contribution in [1.29, 1.82) is 0 Å². The predicted molar refractivity (Wildman–Crippen MR) is 154 cm³/mol. The van der Waals surface area contributed by atoms with Crippen LogP contribution in [-0.4, -0.2) is 35.5 Å². The molecule has 0 saturated carbocycles. The number of methoxy groups -OCH3 is 1. The van der Waals surface area contributed by atoms with Crippen molar-refractivity contribution >= 4 is 44.1 Å². The summed E-state index contributed by atoms with van der Waals surface area (Å²) in [6, 6.07) is 17.2. The summed E-state index contributed by atoms with van der Waals surface area (Å²) >= 11 is 1.35. The van der Waals surface area contributed by atoms with Gasteiger partial charge in [0.25, 0.3) is 5.78 Å². The first-order valence-corrected chi connectivity index (χ1v) is 13.7. The highest BCUT2D eigenvalue weighted by molar-refractivity contribution is 7.22. The number of anilines is 1. The van der Waals surface area contributed by atoms with Crippen molar-refractivity contribution in [2.45, 2.75) is 39.7 Å². The number of carbonyl (C=O) groups excluding carboxylic acids is 2. The monoisotopic (exact) mass is 542 g/mol. The minimum absolute atomic E-state index is 0.0111. The predicted octanol–water partition coefficient (Wildman–Crippen LogP) is 6.73. The summed E-state index contributed by atoms with van der Waals surface area (Å²) in [5, 5.41) is 11.8. The largest absolute Gasteiger partial charge is 0.507 e. The highest BCUT2D eigenvalue weighted by atomic mass is 32.1. The standard InChI is InChI=1S/C31H30N2O5S/c1-5-6-15-38-23-13-7-20(8-14-23)27-25(28(34)21-9-11-22(37-4)12-10-21)29(35)30(36)33(27)31-32-26-19(3)16-18(2)17-24(26)39-31/h7-14,16-17,27,34H,5-6,15H2,1-4H3. The van der Waals surface area contributed by atoms with Gasteiger partial charge in [0, 0.05) is 5.56 Å². The van der Waals surface area contributed by atoms with Gasteiger partial charge in [-0.3, -0.25) is 14.5 Å². The number of benzene rings is 3. The van der Waals surface area contributed by atoms with Gasteiger partial charge in [0.1, 0.15) is 17.3 Å². The van der Waals surface area contributed by atoms with Crippen molar-refractivity contribution < 1.29 is 24.2 Å². The molecule has 7 nitrogen and oxygen atoms in total. The Morgan fingerprint density at radius 1 is 1.03 bits per heavy atom. The van der Waals surface area contributed by atoms with E-state index in [4.69, 9.17) is 14.5 Å². The number of carbonyl (C=O) groups is 2. The number of rotatable bonds is 8. The summed E-state index contributed by atoms with van der Waals surface area (Å²) in [6.07, 6.45) is 1.97. The molecule has 0 bridgehead atoms. The maximum absolute atomic E-state index is 13.6. The Balaban J connectivity index is 1.65. The van der Waals surface area contributed by atoms with E-state index in [0.717, 1.165) is 34.2 Å². The van der Waals surface area contributed by atoms with E-state index in [-0.39, 0.29) is 11.3 Å². The van der Waals surface area contributed by atoms with E-state index in [1.807, 2.05) is 50.2 Å². The molecule has 1 aliphatic heterocycles. The fourth-order valence-corrected chi connectivity index (χ4v) is 5.96. The average Bonchev–Trinajstić information content (AvgIpc) is 3.47. The second-order valence-corrected chi connectivity index (χ2v) is 10.6. The van der Waals surface area contributed by atoms with Crippen molar-refractivity contribution in [2.75, 3.05) is 18.6 Å². The van der Waals surface area contributed by atoms with Crippen LogP contribution in [-0.2, 0) is 9.59 Å². The van der Waals surface area contributed by atoms with Crippen LogP contribution in [0.1, 0.15) is 48.1 Å². The van der Waals surface area contributed by atoms with E-state index >= 15 is 0 Å². The van der Waals surface area contributed by atoms with E-state index in [1.165, 1.54) is 16.2 Å². The number of hydrogen-bond acceptors (Lipinski definition) is 7. The molecule has 0 aliphatic carbocycles. The van der Waals surface area contributed by atoms with Crippen LogP contribution in [0.5, 0.6) is 11.5 Å². The van der Waals surface area contributed by atoms with E-state index in [9.17, 15) is 14.7 Å². The lowest BCUT2D eigenvalue weighted by atomic mass is 9.95. The molecule has 5 rings (SSSR count). The van der Waals surface area contributed by atoms with Gasteiger partial charge in [0.05, 0.1) is 35.5 Å². The Kier molecular flexibility index (Phi) is 7.39. The molecule has 1 amide bonds. The zero-order chi connectivity index (χ0) is 27.7. The van der Waals surface area contributed by atoms with Crippen molar-refractivity contribution in [3.05, 3.63) is 88.5 Å². The highest BCUT2D eigenvalue weighted by Crippen LogP contribution is 2.45. The van der Waals surface area contributed by atoms with Crippen LogP contribution < -0.4 is 14.4 Å². The number of ketones is 1. The summed E-state index contributed by atoms with van der Waals surface area (Å²) < 4.78 is 12.0. The number of ether oxygens (including phenoxy) is 2. The van der Waals surface area contributed by atoms with Crippen LogP contribution in [0.4, 0.5) is 5.13 Å².